The molecule has 2 rings (SSSR count). The zero-order chi connectivity index (χ0) is 13.1. The average molecular weight is 250 g/mol. The summed E-state index contributed by atoms with van der Waals surface area (Å²) in [5.41, 5.74) is 0.832. The van der Waals surface area contributed by atoms with E-state index >= 15 is 0 Å². The average Bonchev–Trinajstić information content (AvgIpc) is 2.77. The van der Waals surface area contributed by atoms with Crippen molar-refractivity contribution < 1.29 is 23.8 Å². The number of hydrogen-bond acceptors (Lipinski definition) is 5. The number of ether oxygens (including phenoxy) is 3. The van der Waals surface area contributed by atoms with E-state index in [1.165, 1.54) is 14.2 Å². The molecule has 96 valence electrons. The minimum Gasteiger partial charge on any atom is -0.478 e. The molecule has 1 aliphatic rings. The van der Waals surface area contributed by atoms with Crippen LogP contribution in [0.5, 0.6) is 5.75 Å². The minimum absolute atomic E-state index is 0.0906. The maximum Gasteiger partial charge on any atom is 0.347 e. The second-order valence-corrected chi connectivity index (χ2v) is 3.99. The van der Waals surface area contributed by atoms with Crippen LogP contribution >= 0.6 is 0 Å². The number of carbonyl (C=O) groups excluding carboxylic acids is 2. The third-order valence-corrected chi connectivity index (χ3v) is 2.99. The summed E-state index contributed by atoms with van der Waals surface area (Å²) >= 11 is 0. The maximum atomic E-state index is 11.7. The van der Waals surface area contributed by atoms with Gasteiger partial charge in [0, 0.05) is 11.5 Å². The van der Waals surface area contributed by atoms with Crippen molar-refractivity contribution in [3.8, 4) is 5.75 Å². The van der Waals surface area contributed by atoms with Crippen molar-refractivity contribution in [2.24, 2.45) is 0 Å². The fourth-order valence-electron chi connectivity index (χ4n) is 2.08. The molecule has 1 aromatic rings. The van der Waals surface area contributed by atoms with Crippen LogP contribution < -0.4 is 4.74 Å². The highest BCUT2D eigenvalue weighted by atomic mass is 16.6. The molecule has 2 atom stereocenters. The van der Waals surface area contributed by atoms with Gasteiger partial charge in [-0.15, -0.1) is 0 Å². The monoisotopic (exact) mass is 250 g/mol. The highest BCUT2D eigenvalue weighted by Crippen LogP contribution is 2.40. The number of fused-ring (bicyclic) bond motifs is 1. The topological polar surface area (TPSA) is 61.8 Å². The fraction of sp³-hybridized carbons (Fsp3) is 0.385. The van der Waals surface area contributed by atoms with Gasteiger partial charge < -0.3 is 14.2 Å². The fourth-order valence-corrected chi connectivity index (χ4v) is 2.08. The molecule has 0 saturated carbocycles. The van der Waals surface area contributed by atoms with Crippen molar-refractivity contribution >= 4 is 11.9 Å². The van der Waals surface area contributed by atoms with Gasteiger partial charge >= 0.3 is 11.9 Å². The molecule has 1 aliphatic heterocycles. The molecule has 5 nitrogen and oxygen atoms in total. The van der Waals surface area contributed by atoms with E-state index in [9.17, 15) is 9.59 Å². The predicted octanol–water partition coefficient (Wildman–Crippen LogP) is 1.27. The van der Waals surface area contributed by atoms with E-state index in [0.717, 1.165) is 5.56 Å². The Balaban J connectivity index is 2.29. The van der Waals surface area contributed by atoms with E-state index < -0.39 is 12.1 Å². The molecule has 0 bridgehead atoms. The van der Waals surface area contributed by atoms with Crippen LogP contribution in [0.2, 0.25) is 0 Å². The number of benzene rings is 1. The summed E-state index contributed by atoms with van der Waals surface area (Å²) in [5.74, 6) is -0.614. The highest BCUT2D eigenvalue weighted by molar-refractivity contribution is 5.80. The molecular formula is C13H14O5. The first-order valence-corrected chi connectivity index (χ1v) is 5.57. The van der Waals surface area contributed by atoms with E-state index in [1.807, 2.05) is 18.2 Å². The lowest BCUT2D eigenvalue weighted by Gasteiger charge is -2.15. The standard InChI is InChI=1S/C13H14O5/c1-16-11(14)7-9-8-5-3-4-6-10(8)18-12(9)13(15)17-2/h3-6,9,12H,7H2,1-2H3. The number of esters is 2. The first-order valence-electron chi connectivity index (χ1n) is 5.57. The molecule has 0 aromatic heterocycles. The quantitative estimate of drug-likeness (QED) is 0.756. The smallest absolute Gasteiger partial charge is 0.347 e. The van der Waals surface area contributed by atoms with E-state index in [-0.39, 0.29) is 18.3 Å². The number of methoxy groups -OCH3 is 2. The first kappa shape index (κ1) is 12.4. The van der Waals surface area contributed by atoms with Crippen molar-refractivity contribution in [2.45, 2.75) is 18.4 Å². The van der Waals surface area contributed by atoms with E-state index in [1.54, 1.807) is 6.07 Å². The Morgan fingerprint density at radius 2 is 1.94 bits per heavy atom. The van der Waals surface area contributed by atoms with Gasteiger partial charge in [0.25, 0.3) is 0 Å². The Bertz CT molecular complexity index is 468. The summed E-state index contributed by atoms with van der Waals surface area (Å²) in [4.78, 5) is 23.1. The zero-order valence-electron chi connectivity index (χ0n) is 10.2. The van der Waals surface area contributed by atoms with Gasteiger partial charge in [0.2, 0.25) is 6.10 Å². The number of rotatable bonds is 3. The minimum atomic E-state index is -0.786. The summed E-state index contributed by atoms with van der Waals surface area (Å²) in [7, 11) is 2.61. The largest absolute Gasteiger partial charge is 0.478 e. The lowest BCUT2D eigenvalue weighted by atomic mass is 9.92. The van der Waals surface area contributed by atoms with Crippen LogP contribution in [-0.4, -0.2) is 32.3 Å². The third kappa shape index (κ3) is 2.16. The molecular weight excluding hydrogens is 236 g/mol. The molecule has 0 N–H and O–H groups in total. The van der Waals surface area contributed by atoms with E-state index in [2.05, 4.69) is 4.74 Å². The SMILES string of the molecule is COC(=O)CC1c2ccccc2OC1C(=O)OC. The first-order chi connectivity index (χ1) is 8.67. The van der Waals surface area contributed by atoms with Gasteiger partial charge in [-0.25, -0.2) is 4.79 Å². The highest BCUT2D eigenvalue weighted by Gasteiger charge is 2.41. The summed E-state index contributed by atoms with van der Waals surface area (Å²) < 4.78 is 14.9. The van der Waals surface area contributed by atoms with Crippen LogP contribution in [0.3, 0.4) is 0 Å². The number of hydrogen-bond donors (Lipinski definition) is 0. The number of para-hydroxylation sites is 1. The summed E-state index contributed by atoms with van der Waals surface area (Å²) in [6.45, 7) is 0. The molecule has 18 heavy (non-hydrogen) atoms. The van der Waals surface area contributed by atoms with Crippen LogP contribution in [0, 0.1) is 0 Å². The van der Waals surface area contributed by atoms with Crippen LogP contribution in [0.4, 0.5) is 0 Å². The van der Waals surface area contributed by atoms with Gasteiger partial charge in [0.15, 0.2) is 0 Å². The van der Waals surface area contributed by atoms with E-state index in [4.69, 9.17) is 9.47 Å². The molecule has 2 unspecified atom stereocenters. The summed E-state index contributed by atoms with van der Waals surface area (Å²) in [5, 5.41) is 0. The van der Waals surface area contributed by atoms with Crippen LogP contribution in [-0.2, 0) is 19.1 Å². The van der Waals surface area contributed by atoms with Gasteiger partial charge in [0.05, 0.1) is 20.6 Å². The molecule has 1 aromatic carbocycles. The van der Waals surface area contributed by atoms with Crippen LogP contribution in [0.1, 0.15) is 17.9 Å². The molecule has 0 spiro atoms. The molecule has 0 amide bonds. The molecule has 0 radical (unpaired) electrons. The van der Waals surface area contributed by atoms with Crippen molar-refractivity contribution in [2.75, 3.05) is 14.2 Å². The molecule has 0 aliphatic carbocycles. The van der Waals surface area contributed by atoms with Crippen LogP contribution in [0.25, 0.3) is 0 Å². The Kier molecular flexibility index (Phi) is 3.50. The Morgan fingerprint density at radius 3 is 2.61 bits per heavy atom. The molecule has 0 fully saturated rings. The molecule has 1 heterocycles. The van der Waals surface area contributed by atoms with Crippen molar-refractivity contribution in [1.29, 1.82) is 0 Å². The number of carbonyl (C=O) groups is 2. The lowest BCUT2D eigenvalue weighted by molar-refractivity contribution is -0.150. The van der Waals surface area contributed by atoms with Gasteiger partial charge in [-0.05, 0) is 6.07 Å². The maximum absolute atomic E-state index is 11.7. The Hall–Kier alpha value is -2.04. The van der Waals surface area contributed by atoms with E-state index in [0.29, 0.717) is 5.75 Å². The second-order valence-electron chi connectivity index (χ2n) is 3.99. The Morgan fingerprint density at radius 1 is 1.22 bits per heavy atom. The summed E-state index contributed by atoms with van der Waals surface area (Å²) in [6, 6.07) is 7.26. The lowest BCUT2D eigenvalue weighted by Crippen LogP contribution is -2.31. The third-order valence-electron chi connectivity index (χ3n) is 2.99. The van der Waals surface area contributed by atoms with Crippen LogP contribution in [0.15, 0.2) is 24.3 Å². The summed E-state index contributed by atoms with van der Waals surface area (Å²) in [6.07, 6.45) is -0.695. The van der Waals surface area contributed by atoms with Gasteiger partial charge in [-0.2, -0.15) is 0 Å². The van der Waals surface area contributed by atoms with Gasteiger partial charge in [-0.1, -0.05) is 18.2 Å². The normalized spacial score (nSPS) is 20.8. The van der Waals surface area contributed by atoms with Crippen molar-refractivity contribution in [1.82, 2.24) is 0 Å². The Labute approximate surface area is 105 Å². The van der Waals surface area contributed by atoms with Crippen molar-refractivity contribution in [3.63, 3.8) is 0 Å². The van der Waals surface area contributed by atoms with Crippen molar-refractivity contribution in [3.05, 3.63) is 29.8 Å². The zero-order valence-corrected chi connectivity index (χ0v) is 10.2. The predicted molar refractivity (Wildman–Crippen MR) is 62.2 cm³/mol. The second kappa shape index (κ2) is 5.08. The molecule has 0 saturated heterocycles. The van der Waals surface area contributed by atoms with Gasteiger partial charge in [-0.3, -0.25) is 4.79 Å². The van der Waals surface area contributed by atoms with Gasteiger partial charge in [0.1, 0.15) is 5.75 Å². The molecule has 5 heteroatoms.